The number of amides is 3. The first kappa shape index (κ1) is 22.6. The van der Waals surface area contributed by atoms with E-state index in [0.717, 1.165) is 30.6 Å². The van der Waals surface area contributed by atoms with Crippen LogP contribution in [0.25, 0.3) is 0 Å². The smallest absolute Gasteiger partial charge is 0.279 e. The molecule has 2 N–H and O–H groups in total. The Bertz CT molecular complexity index is 1100. The van der Waals surface area contributed by atoms with E-state index in [1.54, 1.807) is 24.3 Å². The fourth-order valence-electron chi connectivity index (χ4n) is 4.00. The highest BCUT2D eigenvalue weighted by atomic mass is 32.1. The molecule has 9 heteroatoms. The molecule has 0 spiro atoms. The number of anilines is 2. The van der Waals surface area contributed by atoms with E-state index in [4.69, 9.17) is 0 Å². The van der Waals surface area contributed by atoms with Crippen LogP contribution in [-0.4, -0.2) is 33.7 Å². The second kappa shape index (κ2) is 10.4. The molecule has 2 heterocycles. The summed E-state index contributed by atoms with van der Waals surface area (Å²) in [4.78, 5) is 49.0. The van der Waals surface area contributed by atoms with Gasteiger partial charge in [-0.1, -0.05) is 18.9 Å². The fraction of sp³-hybridized carbons (Fsp3) is 0.292. The van der Waals surface area contributed by atoms with Gasteiger partial charge >= 0.3 is 0 Å². The highest BCUT2D eigenvalue weighted by molar-refractivity contribution is 7.10. The molecule has 1 unspecified atom stereocenters. The Morgan fingerprint density at radius 1 is 1.09 bits per heavy atom. The van der Waals surface area contributed by atoms with Gasteiger partial charge in [-0.2, -0.15) is 0 Å². The molecule has 8 nitrogen and oxygen atoms in total. The maximum Gasteiger partial charge on any atom is 0.279 e. The number of nitrogens with one attached hydrogen (secondary N) is 2. The minimum atomic E-state index is -0.869. The van der Waals surface area contributed by atoms with E-state index in [0.29, 0.717) is 11.4 Å². The van der Waals surface area contributed by atoms with E-state index >= 15 is 0 Å². The highest BCUT2D eigenvalue weighted by Crippen LogP contribution is 2.33. The Morgan fingerprint density at radius 3 is 2.45 bits per heavy atom. The zero-order valence-electron chi connectivity index (χ0n) is 18.2. The van der Waals surface area contributed by atoms with Crippen LogP contribution in [0.2, 0.25) is 0 Å². The van der Waals surface area contributed by atoms with Gasteiger partial charge < -0.3 is 10.6 Å². The van der Waals surface area contributed by atoms with E-state index < -0.39 is 11.9 Å². The average molecular weight is 464 g/mol. The van der Waals surface area contributed by atoms with Crippen molar-refractivity contribution in [3.63, 3.8) is 0 Å². The first-order chi connectivity index (χ1) is 16.0. The molecule has 3 aromatic rings. The van der Waals surface area contributed by atoms with Gasteiger partial charge in [0.15, 0.2) is 6.04 Å². The molecular weight excluding hydrogens is 438 g/mol. The number of benzene rings is 1. The minimum Gasteiger partial charge on any atom is -0.351 e. The van der Waals surface area contributed by atoms with Crippen LogP contribution >= 0.6 is 11.3 Å². The van der Waals surface area contributed by atoms with Crippen LogP contribution in [-0.2, 0) is 9.59 Å². The fourth-order valence-corrected chi connectivity index (χ4v) is 4.81. The Kier molecular flexibility index (Phi) is 7.09. The maximum absolute atomic E-state index is 13.7. The molecule has 3 amide bonds. The van der Waals surface area contributed by atoms with Crippen molar-refractivity contribution in [1.82, 2.24) is 15.3 Å². The third kappa shape index (κ3) is 5.43. The molecule has 33 heavy (non-hydrogen) atoms. The Labute approximate surface area is 196 Å². The van der Waals surface area contributed by atoms with E-state index in [1.807, 2.05) is 17.5 Å². The largest absolute Gasteiger partial charge is 0.351 e. The highest BCUT2D eigenvalue weighted by Gasteiger charge is 2.36. The van der Waals surface area contributed by atoms with E-state index in [-0.39, 0.29) is 23.6 Å². The van der Waals surface area contributed by atoms with Crippen LogP contribution in [0.4, 0.5) is 11.4 Å². The Morgan fingerprint density at radius 2 is 1.85 bits per heavy atom. The Balaban J connectivity index is 1.75. The second-order valence-electron chi connectivity index (χ2n) is 7.90. The van der Waals surface area contributed by atoms with Crippen molar-refractivity contribution in [1.29, 1.82) is 0 Å². The van der Waals surface area contributed by atoms with Crippen molar-refractivity contribution >= 4 is 40.4 Å². The summed E-state index contributed by atoms with van der Waals surface area (Å²) in [6, 6.07) is 9.78. The van der Waals surface area contributed by atoms with Gasteiger partial charge in [0.2, 0.25) is 11.8 Å². The zero-order valence-corrected chi connectivity index (χ0v) is 19.0. The first-order valence-electron chi connectivity index (χ1n) is 10.8. The molecule has 0 radical (unpaired) electrons. The van der Waals surface area contributed by atoms with Crippen molar-refractivity contribution in [3.05, 3.63) is 70.9 Å². The van der Waals surface area contributed by atoms with Crippen LogP contribution < -0.4 is 15.5 Å². The van der Waals surface area contributed by atoms with Crippen LogP contribution in [0.1, 0.15) is 54.0 Å². The molecule has 1 aliphatic rings. The van der Waals surface area contributed by atoms with Gasteiger partial charge in [-0.25, -0.2) is 4.98 Å². The van der Waals surface area contributed by atoms with Gasteiger partial charge in [0.05, 0.1) is 6.20 Å². The number of nitrogens with zero attached hydrogens (tertiary/aromatic N) is 3. The summed E-state index contributed by atoms with van der Waals surface area (Å²) in [5.41, 5.74) is 1.25. The summed E-state index contributed by atoms with van der Waals surface area (Å²) in [6.45, 7) is 1.43. The standard InChI is InChI=1S/C24H25N5O3S/c1-16(30)27-18-8-10-19(11-9-18)29(24(32)20-15-25-12-13-26-20)22(21-7-4-14-33-21)23(31)28-17-5-2-3-6-17/h4,7-15,17,22H,2-3,5-6H2,1H3,(H,27,30)(H,28,31). The monoisotopic (exact) mass is 463 g/mol. The van der Waals surface area contributed by atoms with Crippen molar-refractivity contribution in [2.24, 2.45) is 0 Å². The third-order valence-corrected chi connectivity index (χ3v) is 6.41. The number of hydrogen-bond donors (Lipinski definition) is 2. The number of hydrogen-bond acceptors (Lipinski definition) is 6. The summed E-state index contributed by atoms with van der Waals surface area (Å²) < 4.78 is 0. The number of carbonyl (C=O) groups is 3. The van der Waals surface area contributed by atoms with E-state index in [2.05, 4.69) is 20.6 Å². The lowest BCUT2D eigenvalue weighted by atomic mass is 10.1. The van der Waals surface area contributed by atoms with E-state index in [1.165, 1.54) is 41.8 Å². The summed E-state index contributed by atoms with van der Waals surface area (Å²) in [5.74, 6) is -0.856. The topological polar surface area (TPSA) is 104 Å². The van der Waals surface area contributed by atoms with Gasteiger partial charge in [0.1, 0.15) is 5.69 Å². The molecule has 1 fully saturated rings. The van der Waals surface area contributed by atoms with Gasteiger partial charge in [-0.15, -0.1) is 11.3 Å². The summed E-state index contributed by atoms with van der Waals surface area (Å²) in [6.07, 6.45) is 8.38. The average Bonchev–Trinajstić information content (AvgIpc) is 3.52. The molecule has 4 rings (SSSR count). The SMILES string of the molecule is CC(=O)Nc1ccc(N(C(=O)c2cnccn2)C(C(=O)NC2CCCC2)c2cccs2)cc1. The molecule has 1 aliphatic carbocycles. The van der Waals surface area contributed by atoms with Crippen molar-refractivity contribution in [3.8, 4) is 0 Å². The third-order valence-electron chi connectivity index (χ3n) is 5.49. The summed E-state index contributed by atoms with van der Waals surface area (Å²) in [7, 11) is 0. The quantitative estimate of drug-likeness (QED) is 0.552. The molecule has 0 bridgehead atoms. The van der Waals surface area contributed by atoms with Gasteiger partial charge in [0, 0.05) is 41.6 Å². The van der Waals surface area contributed by atoms with Crippen LogP contribution in [0.5, 0.6) is 0 Å². The van der Waals surface area contributed by atoms with Crippen LogP contribution in [0, 0.1) is 0 Å². The lowest BCUT2D eigenvalue weighted by molar-refractivity contribution is -0.123. The molecule has 1 aromatic carbocycles. The zero-order chi connectivity index (χ0) is 23.2. The van der Waals surface area contributed by atoms with Gasteiger partial charge in [-0.3, -0.25) is 24.3 Å². The van der Waals surface area contributed by atoms with Crippen molar-refractivity contribution in [2.45, 2.75) is 44.7 Å². The minimum absolute atomic E-state index is 0.107. The number of aromatic nitrogens is 2. The summed E-state index contributed by atoms with van der Waals surface area (Å²) >= 11 is 1.42. The summed E-state index contributed by atoms with van der Waals surface area (Å²) in [5, 5.41) is 7.74. The van der Waals surface area contributed by atoms with Crippen LogP contribution in [0.3, 0.4) is 0 Å². The normalized spacial score (nSPS) is 14.5. The lowest BCUT2D eigenvalue weighted by Gasteiger charge is -2.31. The molecule has 2 aromatic heterocycles. The molecule has 170 valence electrons. The Hall–Kier alpha value is -3.59. The molecule has 0 aliphatic heterocycles. The predicted molar refractivity (Wildman–Crippen MR) is 127 cm³/mol. The van der Waals surface area contributed by atoms with E-state index in [9.17, 15) is 14.4 Å². The second-order valence-corrected chi connectivity index (χ2v) is 8.88. The maximum atomic E-state index is 13.7. The van der Waals surface area contributed by atoms with Gasteiger partial charge in [0.25, 0.3) is 5.91 Å². The number of thiophene rings is 1. The molecule has 1 atom stereocenters. The molecule has 0 saturated heterocycles. The van der Waals surface area contributed by atoms with Crippen molar-refractivity contribution in [2.75, 3.05) is 10.2 Å². The van der Waals surface area contributed by atoms with Crippen molar-refractivity contribution < 1.29 is 14.4 Å². The number of carbonyl (C=O) groups excluding carboxylic acids is 3. The van der Waals surface area contributed by atoms with Gasteiger partial charge in [-0.05, 0) is 48.6 Å². The van der Waals surface area contributed by atoms with Crippen LogP contribution in [0.15, 0.2) is 60.4 Å². The predicted octanol–water partition coefficient (Wildman–Crippen LogP) is 3.94. The number of rotatable bonds is 7. The first-order valence-corrected chi connectivity index (χ1v) is 11.7. The molecular formula is C24H25N5O3S. The lowest BCUT2D eigenvalue weighted by Crippen LogP contribution is -2.46. The molecule has 1 saturated carbocycles.